The minimum atomic E-state index is -3.23. The summed E-state index contributed by atoms with van der Waals surface area (Å²) < 4.78 is 25.4. The van der Waals surface area contributed by atoms with Gasteiger partial charge in [0.25, 0.3) is 0 Å². The largest absolute Gasteiger partial charge is 0.395 e. The molecule has 1 aliphatic heterocycles. The van der Waals surface area contributed by atoms with Crippen molar-refractivity contribution in [3.63, 3.8) is 0 Å². The number of piperazine rings is 1. The van der Waals surface area contributed by atoms with E-state index in [-0.39, 0.29) is 13.2 Å². The van der Waals surface area contributed by atoms with Crippen LogP contribution in [0.15, 0.2) is 0 Å². The molecule has 1 atom stereocenters. The maximum absolute atomic E-state index is 12.0. The summed E-state index contributed by atoms with van der Waals surface area (Å²) in [5, 5.41) is 8.26. The molecule has 1 saturated heterocycles. The highest BCUT2D eigenvalue weighted by atomic mass is 32.2. The lowest BCUT2D eigenvalue weighted by atomic mass is 10.4. The highest BCUT2D eigenvalue weighted by Gasteiger charge is 2.30. The first-order valence-electron chi connectivity index (χ1n) is 5.54. The van der Waals surface area contributed by atoms with E-state index < -0.39 is 15.3 Å². The molecule has 0 aromatic heterocycles. The molecule has 0 aromatic rings. The Balaban J connectivity index is 2.53. The maximum atomic E-state index is 12.0. The van der Waals surface area contributed by atoms with Crippen molar-refractivity contribution in [1.29, 1.82) is 0 Å². The van der Waals surface area contributed by atoms with Crippen LogP contribution in [-0.4, -0.2) is 73.9 Å². The summed E-state index contributed by atoms with van der Waals surface area (Å²) >= 11 is 0. The number of nitrogens with two attached hydrogens (primary N) is 1. The first-order valence-corrected chi connectivity index (χ1v) is 7.05. The summed E-state index contributed by atoms with van der Waals surface area (Å²) in [7, 11) is -3.23. The van der Waals surface area contributed by atoms with Crippen molar-refractivity contribution in [2.75, 3.05) is 45.9 Å². The zero-order chi connectivity index (χ0) is 12.2. The topological polar surface area (TPSA) is 86.9 Å². The summed E-state index contributed by atoms with van der Waals surface area (Å²) in [5.74, 6) is 0. The van der Waals surface area contributed by atoms with Gasteiger partial charge in [0.2, 0.25) is 10.0 Å². The van der Waals surface area contributed by atoms with Gasteiger partial charge in [-0.15, -0.1) is 0 Å². The third-order valence-corrected chi connectivity index (χ3v) is 5.24. The van der Waals surface area contributed by atoms with Crippen LogP contribution in [0.2, 0.25) is 0 Å². The Kier molecular flexibility index (Phi) is 5.13. The number of hydrogen-bond donors (Lipinski definition) is 2. The fraction of sp³-hybridized carbons (Fsp3) is 1.00. The van der Waals surface area contributed by atoms with Crippen molar-refractivity contribution in [3.8, 4) is 0 Å². The normalized spacial score (nSPS) is 22.2. The summed E-state index contributed by atoms with van der Waals surface area (Å²) in [6, 6.07) is 0. The highest BCUT2D eigenvalue weighted by molar-refractivity contribution is 7.89. The van der Waals surface area contributed by atoms with Crippen molar-refractivity contribution in [2.24, 2.45) is 5.73 Å². The van der Waals surface area contributed by atoms with Crippen molar-refractivity contribution in [3.05, 3.63) is 0 Å². The number of β-amino-alcohol motifs (C(OH)–C–C–N with tert-alkyl or cyclic N) is 1. The molecule has 1 aliphatic rings. The smallest absolute Gasteiger partial charge is 0.218 e. The molecule has 6 nitrogen and oxygen atoms in total. The number of aliphatic hydroxyl groups excluding tert-OH is 1. The standard InChI is InChI=1S/C9H21N3O3S/c1-9(8-10)16(14,15)12-4-2-11(3-5-12)6-7-13/h9,13H,2-8,10H2,1H3. The lowest BCUT2D eigenvalue weighted by molar-refractivity contribution is 0.151. The second-order valence-corrected chi connectivity index (χ2v) is 6.41. The summed E-state index contributed by atoms with van der Waals surface area (Å²) in [5.41, 5.74) is 5.39. The molecule has 96 valence electrons. The van der Waals surface area contributed by atoms with Crippen LogP contribution in [-0.2, 0) is 10.0 Å². The van der Waals surface area contributed by atoms with Crippen molar-refractivity contribution in [2.45, 2.75) is 12.2 Å². The Morgan fingerprint density at radius 1 is 1.31 bits per heavy atom. The summed E-state index contributed by atoms with van der Waals surface area (Å²) in [4.78, 5) is 2.05. The van der Waals surface area contributed by atoms with Crippen LogP contribution in [0.5, 0.6) is 0 Å². The van der Waals surface area contributed by atoms with Crippen LogP contribution in [0, 0.1) is 0 Å². The molecule has 0 spiro atoms. The van der Waals surface area contributed by atoms with Gasteiger partial charge in [-0.2, -0.15) is 4.31 Å². The van der Waals surface area contributed by atoms with Crippen LogP contribution in [0.25, 0.3) is 0 Å². The first-order chi connectivity index (χ1) is 7.52. The van der Waals surface area contributed by atoms with Gasteiger partial charge in [0, 0.05) is 39.3 Å². The fourth-order valence-electron chi connectivity index (χ4n) is 1.73. The number of aliphatic hydroxyl groups is 1. The van der Waals surface area contributed by atoms with E-state index in [1.54, 1.807) is 6.92 Å². The molecule has 0 saturated carbocycles. The quantitative estimate of drug-likeness (QED) is 0.606. The van der Waals surface area contributed by atoms with Gasteiger partial charge in [-0.25, -0.2) is 8.42 Å². The molecule has 7 heteroatoms. The third-order valence-electron chi connectivity index (χ3n) is 2.95. The van der Waals surface area contributed by atoms with Gasteiger partial charge < -0.3 is 10.8 Å². The molecule has 0 aromatic carbocycles. The zero-order valence-electron chi connectivity index (χ0n) is 9.67. The van der Waals surface area contributed by atoms with Crippen LogP contribution < -0.4 is 5.73 Å². The van der Waals surface area contributed by atoms with Gasteiger partial charge in [0.05, 0.1) is 11.9 Å². The SMILES string of the molecule is CC(CN)S(=O)(=O)N1CCN(CCO)CC1. The van der Waals surface area contributed by atoms with Gasteiger partial charge in [-0.05, 0) is 6.92 Å². The average molecular weight is 251 g/mol. The van der Waals surface area contributed by atoms with Crippen molar-refractivity contribution in [1.82, 2.24) is 9.21 Å². The molecule has 1 rings (SSSR count). The number of nitrogens with zero attached hydrogens (tertiary/aromatic N) is 2. The lowest BCUT2D eigenvalue weighted by Crippen LogP contribution is -2.52. The molecule has 1 heterocycles. The van der Waals surface area contributed by atoms with E-state index in [1.807, 2.05) is 0 Å². The molecule has 1 fully saturated rings. The molecule has 3 N–H and O–H groups in total. The Hall–Kier alpha value is -0.210. The Morgan fingerprint density at radius 2 is 1.88 bits per heavy atom. The van der Waals surface area contributed by atoms with E-state index in [1.165, 1.54) is 4.31 Å². The van der Waals surface area contributed by atoms with Crippen LogP contribution in [0.1, 0.15) is 6.92 Å². The van der Waals surface area contributed by atoms with Crippen molar-refractivity contribution < 1.29 is 13.5 Å². The van der Waals surface area contributed by atoms with Crippen LogP contribution >= 0.6 is 0 Å². The molecular formula is C9H21N3O3S. The Bertz CT molecular complexity index is 299. The van der Waals surface area contributed by atoms with Gasteiger partial charge in [-0.3, -0.25) is 4.90 Å². The van der Waals surface area contributed by atoms with Crippen LogP contribution in [0.3, 0.4) is 0 Å². The predicted molar refractivity (Wildman–Crippen MR) is 62.5 cm³/mol. The molecule has 1 unspecified atom stereocenters. The second-order valence-electron chi connectivity index (χ2n) is 4.06. The second kappa shape index (κ2) is 5.92. The van der Waals surface area contributed by atoms with E-state index in [0.717, 1.165) is 0 Å². The minimum absolute atomic E-state index is 0.117. The zero-order valence-corrected chi connectivity index (χ0v) is 10.5. The Morgan fingerprint density at radius 3 is 2.31 bits per heavy atom. The predicted octanol–water partition coefficient (Wildman–Crippen LogP) is -1.73. The van der Waals surface area contributed by atoms with Crippen LogP contribution in [0.4, 0.5) is 0 Å². The molecular weight excluding hydrogens is 230 g/mol. The highest BCUT2D eigenvalue weighted by Crippen LogP contribution is 2.11. The average Bonchev–Trinajstić information content (AvgIpc) is 2.29. The van der Waals surface area contributed by atoms with E-state index in [4.69, 9.17) is 10.8 Å². The van der Waals surface area contributed by atoms with Gasteiger partial charge in [-0.1, -0.05) is 0 Å². The van der Waals surface area contributed by atoms with E-state index >= 15 is 0 Å². The van der Waals surface area contributed by atoms with Crippen molar-refractivity contribution >= 4 is 10.0 Å². The number of rotatable bonds is 5. The third kappa shape index (κ3) is 3.14. The minimum Gasteiger partial charge on any atom is -0.395 e. The van der Waals surface area contributed by atoms with Gasteiger partial charge >= 0.3 is 0 Å². The summed E-state index contributed by atoms with van der Waals surface area (Å²) in [6.45, 7) is 4.86. The van der Waals surface area contributed by atoms with E-state index in [0.29, 0.717) is 32.7 Å². The van der Waals surface area contributed by atoms with E-state index in [9.17, 15) is 8.42 Å². The number of hydrogen-bond acceptors (Lipinski definition) is 5. The monoisotopic (exact) mass is 251 g/mol. The molecule has 0 radical (unpaired) electrons. The molecule has 0 bridgehead atoms. The lowest BCUT2D eigenvalue weighted by Gasteiger charge is -2.34. The summed E-state index contributed by atoms with van der Waals surface area (Å²) in [6.07, 6.45) is 0. The number of sulfonamides is 1. The molecule has 0 amide bonds. The molecule has 0 aliphatic carbocycles. The van der Waals surface area contributed by atoms with E-state index in [2.05, 4.69) is 4.90 Å². The molecule has 16 heavy (non-hydrogen) atoms. The maximum Gasteiger partial charge on any atom is 0.218 e. The fourth-order valence-corrected chi connectivity index (χ4v) is 3.15. The first kappa shape index (κ1) is 13.9. The van der Waals surface area contributed by atoms with Gasteiger partial charge in [0.1, 0.15) is 0 Å². The van der Waals surface area contributed by atoms with Gasteiger partial charge in [0.15, 0.2) is 0 Å². The Labute approximate surface area is 97.1 Å².